The maximum Gasteiger partial charge on any atom is 0.0794 e. The van der Waals surface area contributed by atoms with Gasteiger partial charge in [-0.15, -0.1) is 0 Å². The van der Waals surface area contributed by atoms with Gasteiger partial charge in [-0.25, -0.2) is 9.78 Å². The average Bonchev–Trinajstić information content (AvgIpc) is 2.13. The summed E-state index contributed by atoms with van der Waals surface area (Å²) in [5.74, 6) is 0.894. The molecule has 0 heterocycles. The Labute approximate surface area is 111 Å². The number of rotatable bonds is 5. The second-order valence-electron chi connectivity index (χ2n) is 5.09. The fourth-order valence-corrected chi connectivity index (χ4v) is 1.36. The average molecular weight is 250 g/mol. The molecule has 0 radical (unpaired) electrons. The first kappa shape index (κ1) is 25.7. The molecule has 1 atom stereocenters. The van der Waals surface area contributed by atoms with Crippen molar-refractivity contribution in [3.63, 3.8) is 0 Å². The van der Waals surface area contributed by atoms with E-state index in [9.17, 15) is 0 Å². The maximum atomic E-state index is 4.48. The van der Waals surface area contributed by atoms with Gasteiger partial charge < -0.3 is 0 Å². The summed E-state index contributed by atoms with van der Waals surface area (Å²) >= 11 is 0. The quantitative estimate of drug-likeness (QED) is 0.353. The summed E-state index contributed by atoms with van der Waals surface area (Å²) in [5, 5.41) is 0. The van der Waals surface area contributed by atoms with Gasteiger partial charge in [0.2, 0.25) is 0 Å². The van der Waals surface area contributed by atoms with Crippen LogP contribution in [-0.2, 0) is 9.78 Å². The van der Waals surface area contributed by atoms with E-state index >= 15 is 0 Å². The third-order valence-corrected chi connectivity index (χ3v) is 1.98. The largest absolute Gasteiger partial charge is 0.237 e. The normalized spacial score (nSPS) is 11.5. The van der Waals surface area contributed by atoms with E-state index in [1.165, 1.54) is 12.8 Å². The van der Waals surface area contributed by atoms with Crippen molar-refractivity contribution in [3.05, 3.63) is 0 Å². The van der Waals surface area contributed by atoms with Gasteiger partial charge in [-0.2, -0.15) is 0 Å². The lowest BCUT2D eigenvalue weighted by molar-refractivity contribution is -0.287. The molecule has 2 nitrogen and oxygen atoms in total. The fourth-order valence-electron chi connectivity index (χ4n) is 1.36. The van der Waals surface area contributed by atoms with E-state index in [0.29, 0.717) is 18.6 Å². The Bertz CT molecular complexity index is 113. The van der Waals surface area contributed by atoms with Crippen LogP contribution in [0.4, 0.5) is 0 Å². The van der Waals surface area contributed by atoms with Gasteiger partial charge in [0.25, 0.3) is 0 Å². The highest BCUT2D eigenvalue weighted by Crippen LogP contribution is 2.25. The molecular formula is C15H38O2. The van der Waals surface area contributed by atoms with Gasteiger partial charge in [0.15, 0.2) is 0 Å². The van der Waals surface area contributed by atoms with Crippen LogP contribution in [-0.4, -0.2) is 13.2 Å². The molecule has 0 saturated heterocycles. The van der Waals surface area contributed by atoms with Gasteiger partial charge >= 0.3 is 0 Å². The van der Waals surface area contributed by atoms with Gasteiger partial charge in [-0.05, 0) is 31.6 Å². The number of hydrogen-bond acceptors (Lipinski definition) is 2. The Morgan fingerprint density at radius 3 is 1.35 bits per heavy atom. The Morgan fingerprint density at radius 2 is 1.24 bits per heavy atom. The molecule has 0 aliphatic heterocycles. The highest BCUT2D eigenvalue weighted by Gasteiger charge is 2.13. The van der Waals surface area contributed by atoms with E-state index in [2.05, 4.69) is 44.4 Å². The lowest BCUT2D eigenvalue weighted by atomic mass is 9.84. The van der Waals surface area contributed by atoms with Crippen LogP contribution in [0.5, 0.6) is 0 Å². The zero-order valence-electron chi connectivity index (χ0n) is 11.7. The summed E-state index contributed by atoms with van der Waals surface area (Å²) in [4.78, 5) is 8.97. The van der Waals surface area contributed by atoms with E-state index in [1.807, 2.05) is 13.8 Å². The second kappa shape index (κ2) is 15.9. The minimum Gasteiger partial charge on any atom is -0.237 e. The summed E-state index contributed by atoms with van der Waals surface area (Å²) in [5.41, 5.74) is 0.523. The van der Waals surface area contributed by atoms with Crippen LogP contribution in [0.15, 0.2) is 0 Å². The predicted molar refractivity (Wildman–Crippen MR) is 80.2 cm³/mol. The van der Waals surface area contributed by atoms with Crippen LogP contribution in [0.25, 0.3) is 0 Å². The second-order valence-corrected chi connectivity index (χ2v) is 5.09. The van der Waals surface area contributed by atoms with E-state index in [1.54, 1.807) is 0 Å². The first-order chi connectivity index (χ1) is 6.87. The molecule has 2 heteroatoms. The Hall–Kier alpha value is -0.0800. The highest BCUT2D eigenvalue weighted by atomic mass is 17.2. The molecule has 1 unspecified atom stereocenters. The molecule has 0 aromatic carbocycles. The van der Waals surface area contributed by atoms with Crippen LogP contribution >= 0.6 is 0 Å². The van der Waals surface area contributed by atoms with Crippen LogP contribution in [0.1, 0.15) is 76.2 Å². The third-order valence-electron chi connectivity index (χ3n) is 1.98. The van der Waals surface area contributed by atoms with Crippen LogP contribution < -0.4 is 0 Å². The molecule has 17 heavy (non-hydrogen) atoms. The Balaban J connectivity index is -0.0000000945. The molecule has 0 aromatic rings. The van der Waals surface area contributed by atoms with Crippen molar-refractivity contribution >= 4 is 0 Å². The lowest BCUT2D eigenvalue weighted by Crippen LogP contribution is -2.09. The monoisotopic (exact) mass is 250 g/mol. The molecule has 0 rings (SSSR count). The summed E-state index contributed by atoms with van der Waals surface area (Å²) in [6, 6.07) is 0. The molecule has 0 aliphatic rings. The van der Waals surface area contributed by atoms with Crippen molar-refractivity contribution in [2.45, 2.75) is 76.2 Å². The predicted octanol–water partition coefficient (Wildman–Crippen LogP) is 5.72. The van der Waals surface area contributed by atoms with Crippen molar-refractivity contribution < 1.29 is 9.78 Å². The van der Waals surface area contributed by atoms with Gasteiger partial charge in [-0.1, -0.05) is 55.9 Å². The van der Waals surface area contributed by atoms with Gasteiger partial charge in [0.05, 0.1) is 13.2 Å². The summed E-state index contributed by atoms with van der Waals surface area (Å²) in [6.45, 7) is 16.5. The Morgan fingerprint density at radius 1 is 0.882 bits per heavy atom. The van der Waals surface area contributed by atoms with Crippen molar-refractivity contribution in [1.29, 1.82) is 0 Å². The van der Waals surface area contributed by atoms with E-state index in [-0.39, 0.29) is 14.9 Å². The van der Waals surface area contributed by atoms with Crippen LogP contribution in [0.3, 0.4) is 0 Å². The molecule has 0 aliphatic carbocycles. The lowest BCUT2D eigenvalue weighted by Gasteiger charge is -2.21. The highest BCUT2D eigenvalue weighted by molar-refractivity contribution is 4.64. The van der Waals surface area contributed by atoms with Crippen LogP contribution in [0.2, 0.25) is 0 Å². The molecular weight excluding hydrogens is 212 g/mol. The summed E-state index contributed by atoms with van der Waals surface area (Å²) in [6.07, 6.45) is 2.67. The van der Waals surface area contributed by atoms with Crippen molar-refractivity contribution in [2.24, 2.45) is 11.3 Å². The summed E-state index contributed by atoms with van der Waals surface area (Å²) < 4.78 is 0. The van der Waals surface area contributed by atoms with Crippen molar-refractivity contribution in [2.75, 3.05) is 13.2 Å². The Kier molecular flexibility index (Phi) is 24.1. The SMILES string of the molecule is C.C.CCC(C)CC(C)(C)C.CCOOCC. The van der Waals surface area contributed by atoms with Gasteiger partial charge in [-0.3, -0.25) is 0 Å². The van der Waals surface area contributed by atoms with Crippen LogP contribution in [0, 0.1) is 11.3 Å². The first-order valence-corrected chi connectivity index (χ1v) is 6.11. The van der Waals surface area contributed by atoms with Gasteiger partial charge in [0, 0.05) is 0 Å². The minimum absolute atomic E-state index is 0. The third kappa shape index (κ3) is 31.3. The molecule has 0 amide bonds. The fraction of sp³-hybridized carbons (Fsp3) is 1.00. The summed E-state index contributed by atoms with van der Waals surface area (Å²) in [7, 11) is 0. The van der Waals surface area contributed by atoms with E-state index in [4.69, 9.17) is 0 Å². The molecule has 0 fully saturated rings. The molecule has 0 saturated carbocycles. The first-order valence-electron chi connectivity index (χ1n) is 6.11. The van der Waals surface area contributed by atoms with Crippen molar-refractivity contribution in [3.8, 4) is 0 Å². The molecule has 110 valence electrons. The molecule has 0 bridgehead atoms. The maximum absolute atomic E-state index is 4.48. The molecule has 0 aromatic heterocycles. The zero-order chi connectivity index (χ0) is 12.3. The molecule has 0 N–H and O–H groups in total. The topological polar surface area (TPSA) is 18.5 Å². The standard InChI is InChI=1S/C9H20.C4H10O2.2CH4/c1-6-8(2)7-9(3,4)5;1-3-5-6-4-2;;/h8H,6-7H2,1-5H3;3-4H2,1-2H3;2*1H4. The van der Waals surface area contributed by atoms with E-state index in [0.717, 1.165) is 5.92 Å². The number of hydrogen-bond donors (Lipinski definition) is 0. The smallest absolute Gasteiger partial charge is 0.0794 e. The zero-order valence-corrected chi connectivity index (χ0v) is 11.7. The minimum atomic E-state index is 0. The molecule has 0 spiro atoms. The van der Waals surface area contributed by atoms with Gasteiger partial charge in [0.1, 0.15) is 0 Å². The van der Waals surface area contributed by atoms with Crippen molar-refractivity contribution in [1.82, 2.24) is 0 Å². The van der Waals surface area contributed by atoms with E-state index < -0.39 is 0 Å².